The molecule has 0 saturated heterocycles. The molecule has 1 aromatic heterocycles. The van der Waals surface area contributed by atoms with Crippen molar-refractivity contribution in [2.45, 2.75) is 24.8 Å². The quantitative estimate of drug-likeness (QED) is 0.192. The lowest BCUT2D eigenvalue weighted by atomic mass is 9.97. The van der Waals surface area contributed by atoms with Gasteiger partial charge >= 0.3 is 18.1 Å². The van der Waals surface area contributed by atoms with E-state index in [0.717, 1.165) is 6.07 Å². The average molecular weight is 570 g/mol. The highest BCUT2D eigenvalue weighted by molar-refractivity contribution is 7.99. The molecule has 1 heterocycles. The van der Waals surface area contributed by atoms with Crippen LogP contribution in [0.15, 0.2) is 65.1 Å². The number of carbonyl (C=O) groups is 3. The van der Waals surface area contributed by atoms with Gasteiger partial charge in [-0.05, 0) is 60.0 Å². The Morgan fingerprint density at radius 2 is 1.70 bits per heavy atom. The summed E-state index contributed by atoms with van der Waals surface area (Å²) in [5.41, 5.74) is 0.800. The first-order valence-corrected chi connectivity index (χ1v) is 12.9. The summed E-state index contributed by atoms with van der Waals surface area (Å²) in [7, 11) is 0. The molecule has 0 aliphatic rings. The van der Waals surface area contributed by atoms with Crippen LogP contribution >= 0.6 is 11.8 Å². The van der Waals surface area contributed by atoms with Crippen molar-refractivity contribution in [1.29, 1.82) is 0 Å². The van der Waals surface area contributed by atoms with Gasteiger partial charge < -0.3 is 14.6 Å². The number of Topliss-reactive ketones (excluding diaryl/α,β-unsaturated/α-hetero) is 1. The van der Waals surface area contributed by atoms with Crippen molar-refractivity contribution in [3.05, 3.63) is 99.9 Å². The van der Waals surface area contributed by atoms with E-state index in [2.05, 4.69) is 4.98 Å². The number of oxazole rings is 1. The largest absolute Gasteiger partial charge is 0.481 e. The smallest absolute Gasteiger partial charge is 0.418 e. The second kappa shape index (κ2) is 11.8. The summed E-state index contributed by atoms with van der Waals surface area (Å²) < 4.78 is 45.4. The molecule has 0 aliphatic heterocycles. The monoisotopic (exact) mass is 569 g/mol. The molecule has 0 aliphatic carbocycles. The number of aromatic nitrogens is 1. The van der Waals surface area contributed by atoms with Crippen LogP contribution in [-0.4, -0.2) is 38.7 Å². The molecule has 0 spiro atoms. The second-order valence-electron chi connectivity index (χ2n) is 8.81. The molecule has 0 radical (unpaired) electrons. The molecule has 7 nitrogen and oxygen atoms in total. The first kappa shape index (κ1) is 28.6. The van der Waals surface area contributed by atoms with Gasteiger partial charge in [0.2, 0.25) is 5.89 Å². The van der Waals surface area contributed by atoms with Crippen LogP contribution in [0.4, 0.5) is 13.2 Å². The highest BCUT2D eigenvalue weighted by Crippen LogP contribution is 2.38. The Morgan fingerprint density at radius 1 is 0.975 bits per heavy atom. The lowest BCUT2D eigenvalue weighted by Gasteiger charge is -2.19. The highest BCUT2D eigenvalue weighted by Gasteiger charge is 2.34. The van der Waals surface area contributed by atoms with E-state index in [9.17, 15) is 32.7 Å². The number of nitrogens with zero attached hydrogens (tertiary/aromatic N) is 1. The van der Waals surface area contributed by atoms with Crippen molar-refractivity contribution in [1.82, 2.24) is 4.98 Å². The van der Waals surface area contributed by atoms with Gasteiger partial charge in [-0.25, -0.2) is 9.78 Å². The number of carbonyl (C=O) groups excluding carboxylic acids is 1. The van der Waals surface area contributed by atoms with E-state index >= 15 is 0 Å². The van der Waals surface area contributed by atoms with Crippen molar-refractivity contribution in [2.75, 3.05) is 5.75 Å². The van der Waals surface area contributed by atoms with Gasteiger partial charge in [0.25, 0.3) is 0 Å². The number of carboxylic acids is 2. The van der Waals surface area contributed by atoms with Gasteiger partial charge in [-0.3, -0.25) is 9.59 Å². The minimum atomic E-state index is -4.58. The van der Waals surface area contributed by atoms with E-state index in [1.54, 1.807) is 36.4 Å². The Hall–Kier alpha value is -4.38. The third-order valence-electron chi connectivity index (χ3n) is 5.88. The first-order valence-electron chi connectivity index (χ1n) is 11.9. The topological polar surface area (TPSA) is 118 Å². The molecule has 2 N–H and O–H groups in total. The molecule has 11 heteroatoms. The van der Waals surface area contributed by atoms with Gasteiger partial charge in [-0.15, -0.1) is 11.8 Å². The van der Waals surface area contributed by atoms with Gasteiger partial charge in [0.05, 0.1) is 22.8 Å². The molecule has 40 heavy (non-hydrogen) atoms. The second-order valence-corrected chi connectivity index (χ2v) is 10.0. The van der Waals surface area contributed by atoms with Gasteiger partial charge in [-0.2, -0.15) is 13.2 Å². The standard InChI is InChI=1S/C29H22F3NO6S/c1-16(34)19-13-20(15-21(14-19)28(37)38)27(40-11-10-25(35)36)18-5-2-4-17(12-18)8-9-24-33-26-22(29(30,31)32)6-3-7-23(26)39-24/h2-9,12-15,27H,10-11H2,1H3,(H,35,36)(H,37,38)/b9-8+. The van der Waals surface area contributed by atoms with Crippen molar-refractivity contribution < 1.29 is 42.2 Å². The van der Waals surface area contributed by atoms with E-state index < -0.39 is 28.9 Å². The van der Waals surface area contributed by atoms with Gasteiger partial charge in [0.1, 0.15) is 5.52 Å². The number of carboxylic acid groups (broad SMARTS) is 2. The van der Waals surface area contributed by atoms with E-state index in [-0.39, 0.29) is 46.1 Å². The van der Waals surface area contributed by atoms with Crippen molar-refractivity contribution >= 4 is 52.7 Å². The minimum absolute atomic E-state index is 0.00212. The number of aliphatic carboxylic acids is 1. The molecule has 3 aromatic carbocycles. The van der Waals surface area contributed by atoms with Gasteiger partial charge in [0, 0.05) is 17.4 Å². The molecule has 206 valence electrons. The maximum Gasteiger partial charge on any atom is 0.418 e. The van der Waals surface area contributed by atoms with Crippen LogP contribution in [0.3, 0.4) is 0 Å². The fraction of sp³-hybridized carbons (Fsp3) is 0.172. The number of halogens is 3. The molecule has 0 fully saturated rings. The third-order valence-corrected chi connectivity index (χ3v) is 7.20. The zero-order chi connectivity index (χ0) is 29.0. The summed E-state index contributed by atoms with van der Waals surface area (Å²) in [5.74, 6) is -2.31. The van der Waals surface area contributed by atoms with Gasteiger partial charge in [-0.1, -0.05) is 30.3 Å². The fourth-order valence-electron chi connectivity index (χ4n) is 4.04. The van der Waals surface area contributed by atoms with E-state index in [0.29, 0.717) is 16.7 Å². The number of aromatic carboxylic acids is 1. The van der Waals surface area contributed by atoms with Crippen molar-refractivity contribution in [3.63, 3.8) is 0 Å². The number of ketones is 1. The molecule has 0 bridgehead atoms. The van der Waals surface area contributed by atoms with Gasteiger partial charge in [0.15, 0.2) is 11.4 Å². The highest BCUT2D eigenvalue weighted by atomic mass is 32.2. The molecule has 4 rings (SSSR count). The minimum Gasteiger partial charge on any atom is -0.481 e. The van der Waals surface area contributed by atoms with E-state index in [1.165, 1.54) is 49.0 Å². The Bertz CT molecular complexity index is 1590. The van der Waals surface area contributed by atoms with E-state index in [4.69, 9.17) is 9.52 Å². The number of para-hydroxylation sites is 1. The third kappa shape index (κ3) is 6.78. The molecule has 0 saturated carbocycles. The molecular weight excluding hydrogens is 547 g/mol. The predicted octanol–water partition coefficient (Wildman–Crippen LogP) is 7.22. The number of rotatable bonds is 10. The maximum absolute atomic E-state index is 13.3. The molecule has 0 amide bonds. The lowest BCUT2D eigenvalue weighted by Crippen LogP contribution is -2.07. The number of benzene rings is 3. The van der Waals surface area contributed by atoms with Crippen LogP contribution < -0.4 is 0 Å². The van der Waals surface area contributed by atoms with Crippen LogP contribution in [0.5, 0.6) is 0 Å². The number of alkyl halides is 3. The Labute approximate surface area is 230 Å². The normalized spacial score (nSPS) is 12.6. The zero-order valence-corrected chi connectivity index (χ0v) is 21.8. The van der Waals surface area contributed by atoms with Crippen LogP contribution in [0, 0.1) is 0 Å². The Kier molecular flexibility index (Phi) is 8.43. The Morgan fingerprint density at radius 3 is 2.38 bits per heavy atom. The van der Waals surface area contributed by atoms with Crippen molar-refractivity contribution in [2.24, 2.45) is 0 Å². The summed E-state index contributed by atoms with van der Waals surface area (Å²) in [6, 6.07) is 14.9. The Balaban J connectivity index is 1.70. The summed E-state index contributed by atoms with van der Waals surface area (Å²) in [6.45, 7) is 1.33. The predicted molar refractivity (Wildman–Crippen MR) is 144 cm³/mol. The summed E-state index contributed by atoms with van der Waals surface area (Å²) >= 11 is 1.28. The molecule has 1 unspecified atom stereocenters. The maximum atomic E-state index is 13.3. The molecular formula is C29H22F3NO6S. The van der Waals surface area contributed by atoms with Crippen molar-refractivity contribution in [3.8, 4) is 0 Å². The molecule has 4 aromatic rings. The van der Waals surface area contributed by atoms with Crippen LogP contribution in [0.2, 0.25) is 0 Å². The number of fused-ring (bicyclic) bond motifs is 1. The van der Waals surface area contributed by atoms with Crippen LogP contribution in [0.1, 0.15) is 67.5 Å². The van der Waals surface area contributed by atoms with Crippen LogP contribution in [0.25, 0.3) is 23.3 Å². The van der Waals surface area contributed by atoms with Crippen LogP contribution in [-0.2, 0) is 11.0 Å². The van der Waals surface area contributed by atoms with E-state index in [1.807, 2.05) is 0 Å². The molecule has 1 atom stereocenters. The number of hydrogen-bond acceptors (Lipinski definition) is 6. The average Bonchev–Trinajstić information content (AvgIpc) is 3.32. The SMILES string of the molecule is CC(=O)c1cc(C(=O)O)cc(C(SCCC(=O)O)c2cccc(/C=C/c3nc4c(C(F)(F)F)cccc4o3)c2)c1. The summed E-state index contributed by atoms with van der Waals surface area (Å²) in [4.78, 5) is 38.9. The lowest BCUT2D eigenvalue weighted by molar-refractivity contribution is -0.137. The summed E-state index contributed by atoms with van der Waals surface area (Å²) in [6.07, 6.45) is -1.67. The fourth-order valence-corrected chi connectivity index (χ4v) is 5.23. The number of thioether (sulfide) groups is 1. The first-order chi connectivity index (χ1) is 18.9. The summed E-state index contributed by atoms with van der Waals surface area (Å²) in [5, 5.41) is 18.2. The zero-order valence-electron chi connectivity index (χ0n) is 20.9. The number of hydrogen-bond donors (Lipinski definition) is 2.